The monoisotopic (exact) mass is 333 g/mol. The normalized spacial score (nSPS) is 13.9. The van der Waals surface area contributed by atoms with Crippen molar-refractivity contribution in [3.63, 3.8) is 0 Å². The minimum Gasteiger partial charge on any atom is -0.495 e. The summed E-state index contributed by atoms with van der Waals surface area (Å²) < 4.78 is 5.25. The molecule has 0 aliphatic carbocycles. The van der Waals surface area contributed by atoms with Crippen LogP contribution < -0.4 is 20.3 Å². The fraction of sp³-hybridized carbons (Fsp3) is 0.400. The van der Waals surface area contributed by atoms with Crippen LogP contribution in [0.1, 0.15) is 18.4 Å². The molecule has 3 rings (SSSR count). The van der Waals surface area contributed by atoms with E-state index in [1.54, 1.807) is 7.11 Å². The summed E-state index contributed by atoms with van der Waals surface area (Å²) in [5.41, 5.74) is 1.66. The van der Waals surface area contributed by atoms with Crippen LogP contribution in [0.4, 0.5) is 20.7 Å². The fourth-order valence-corrected chi connectivity index (χ4v) is 3.26. The summed E-state index contributed by atoms with van der Waals surface area (Å²) in [5, 5.41) is 15.0. The number of benzene rings is 1. The van der Waals surface area contributed by atoms with Crippen molar-refractivity contribution in [2.24, 2.45) is 0 Å². The average Bonchev–Trinajstić information content (AvgIpc) is 3.18. The molecule has 0 spiro atoms. The Morgan fingerprint density at radius 2 is 2.04 bits per heavy atom. The molecule has 2 aromatic rings. The molecule has 2 N–H and O–H groups in total. The Morgan fingerprint density at radius 1 is 1.26 bits per heavy atom. The minimum absolute atomic E-state index is 0.363. The van der Waals surface area contributed by atoms with Crippen LogP contribution in [0.3, 0.4) is 0 Å². The molecule has 1 aromatic heterocycles. The standard InChI is InChI=1S/C15H19N5O2S/c1-10-5-6-12(22-2)11(9-10)16-13(21)17-14-18-19-15(23-14)20-7-3-4-8-20/h5-6,9H,3-4,7-8H2,1-2H3,(H2,16,17,18,21). The van der Waals surface area contributed by atoms with Gasteiger partial charge in [-0.05, 0) is 37.5 Å². The summed E-state index contributed by atoms with van der Waals surface area (Å²) in [5.74, 6) is 0.612. The van der Waals surface area contributed by atoms with Gasteiger partial charge in [-0.3, -0.25) is 5.32 Å². The molecule has 1 saturated heterocycles. The largest absolute Gasteiger partial charge is 0.495 e. The van der Waals surface area contributed by atoms with E-state index in [0.717, 1.165) is 23.8 Å². The van der Waals surface area contributed by atoms with E-state index in [1.165, 1.54) is 24.2 Å². The number of methoxy groups -OCH3 is 1. The van der Waals surface area contributed by atoms with E-state index >= 15 is 0 Å². The van der Waals surface area contributed by atoms with Gasteiger partial charge in [-0.25, -0.2) is 4.79 Å². The third kappa shape index (κ3) is 3.70. The number of urea groups is 1. The molecule has 0 unspecified atom stereocenters. The lowest BCUT2D eigenvalue weighted by Crippen LogP contribution is -2.19. The van der Waals surface area contributed by atoms with Gasteiger partial charge in [0.1, 0.15) is 5.75 Å². The van der Waals surface area contributed by atoms with Crippen molar-refractivity contribution in [3.05, 3.63) is 23.8 Å². The van der Waals surface area contributed by atoms with E-state index in [2.05, 4.69) is 25.7 Å². The molecule has 2 heterocycles. The molecule has 7 nitrogen and oxygen atoms in total. The van der Waals surface area contributed by atoms with Crippen molar-refractivity contribution in [1.29, 1.82) is 0 Å². The number of anilines is 3. The second-order valence-corrected chi connectivity index (χ2v) is 6.32. The Kier molecular flexibility index (Phi) is 4.61. The lowest BCUT2D eigenvalue weighted by atomic mass is 10.2. The van der Waals surface area contributed by atoms with Crippen molar-refractivity contribution in [1.82, 2.24) is 10.2 Å². The third-order valence-corrected chi connectivity index (χ3v) is 4.51. The topological polar surface area (TPSA) is 79.4 Å². The Hall–Kier alpha value is -2.35. The van der Waals surface area contributed by atoms with Crippen LogP contribution in [0.25, 0.3) is 0 Å². The average molecular weight is 333 g/mol. The van der Waals surface area contributed by atoms with Gasteiger partial charge in [0.15, 0.2) is 0 Å². The molecule has 1 aliphatic rings. The van der Waals surface area contributed by atoms with E-state index in [1.807, 2.05) is 25.1 Å². The van der Waals surface area contributed by atoms with E-state index in [9.17, 15) is 4.79 Å². The first-order chi connectivity index (χ1) is 11.2. The summed E-state index contributed by atoms with van der Waals surface area (Å²) in [6, 6.07) is 5.24. The van der Waals surface area contributed by atoms with Crippen LogP contribution in [0, 0.1) is 6.92 Å². The summed E-state index contributed by atoms with van der Waals surface area (Å²) in [4.78, 5) is 14.3. The zero-order chi connectivity index (χ0) is 16.2. The smallest absolute Gasteiger partial charge is 0.325 e. The SMILES string of the molecule is COc1ccc(C)cc1NC(=O)Nc1nnc(N2CCCC2)s1. The number of ether oxygens (including phenoxy) is 1. The number of hydrogen-bond donors (Lipinski definition) is 2. The number of aryl methyl sites for hydroxylation is 1. The zero-order valence-electron chi connectivity index (χ0n) is 13.1. The van der Waals surface area contributed by atoms with Crippen molar-refractivity contribution < 1.29 is 9.53 Å². The van der Waals surface area contributed by atoms with Gasteiger partial charge in [0.05, 0.1) is 12.8 Å². The summed E-state index contributed by atoms with van der Waals surface area (Å²) >= 11 is 1.38. The molecule has 0 bridgehead atoms. The number of carbonyl (C=O) groups is 1. The van der Waals surface area contributed by atoms with Gasteiger partial charge in [0.2, 0.25) is 10.3 Å². The molecular weight excluding hydrogens is 314 g/mol. The highest BCUT2D eigenvalue weighted by molar-refractivity contribution is 7.19. The van der Waals surface area contributed by atoms with Crippen LogP contribution in [-0.4, -0.2) is 36.4 Å². The number of carbonyl (C=O) groups excluding carboxylic acids is 1. The quantitative estimate of drug-likeness (QED) is 0.899. The van der Waals surface area contributed by atoms with Crippen molar-refractivity contribution in [2.45, 2.75) is 19.8 Å². The van der Waals surface area contributed by atoms with E-state index in [-0.39, 0.29) is 6.03 Å². The van der Waals surface area contributed by atoms with E-state index < -0.39 is 0 Å². The summed E-state index contributed by atoms with van der Waals surface area (Å²) in [7, 11) is 1.57. The molecule has 0 radical (unpaired) electrons. The van der Waals surface area contributed by atoms with Gasteiger partial charge in [-0.15, -0.1) is 10.2 Å². The number of amides is 2. The lowest BCUT2D eigenvalue weighted by Gasteiger charge is -2.11. The highest BCUT2D eigenvalue weighted by Gasteiger charge is 2.17. The van der Waals surface area contributed by atoms with Gasteiger partial charge in [0.25, 0.3) is 0 Å². The molecule has 122 valence electrons. The van der Waals surface area contributed by atoms with Crippen LogP contribution in [0.5, 0.6) is 5.75 Å². The molecule has 1 aromatic carbocycles. The van der Waals surface area contributed by atoms with Crippen LogP contribution in [0.2, 0.25) is 0 Å². The maximum Gasteiger partial charge on any atom is 0.325 e. The maximum absolute atomic E-state index is 12.1. The van der Waals surface area contributed by atoms with Crippen molar-refractivity contribution >= 4 is 33.3 Å². The first-order valence-electron chi connectivity index (χ1n) is 7.47. The molecule has 1 fully saturated rings. The lowest BCUT2D eigenvalue weighted by molar-refractivity contribution is 0.262. The summed E-state index contributed by atoms with van der Waals surface area (Å²) in [6.07, 6.45) is 2.35. The number of nitrogens with zero attached hydrogens (tertiary/aromatic N) is 3. The second-order valence-electron chi connectivity index (χ2n) is 5.37. The fourth-order valence-electron chi connectivity index (χ4n) is 2.47. The van der Waals surface area contributed by atoms with Gasteiger partial charge in [-0.1, -0.05) is 17.4 Å². The Balaban J connectivity index is 1.64. The van der Waals surface area contributed by atoms with E-state index in [4.69, 9.17) is 4.74 Å². The first kappa shape index (κ1) is 15.5. The zero-order valence-corrected chi connectivity index (χ0v) is 13.9. The molecule has 23 heavy (non-hydrogen) atoms. The maximum atomic E-state index is 12.1. The Labute approximate surface area is 138 Å². The van der Waals surface area contributed by atoms with Gasteiger partial charge < -0.3 is 15.0 Å². The number of hydrogen-bond acceptors (Lipinski definition) is 6. The summed E-state index contributed by atoms with van der Waals surface area (Å²) in [6.45, 7) is 3.96. The van der Waals surface area contributed by atoms with Gasteiger partial charge in [0, 0.05) is 13.1 Å². The molecule has 8 heteroatoms. The third-order valence-electron chi connectivity index (χ3n) is 3.61. The highest BCUT2D eigenvalue weighted by Crippen LogP contribution is 2.28. The molecular formula is C15H19N5O2S. The van der Waals surface area contributed by atoms with Crippen LogP contribution >= 0.6 is 11.3 Å². The number of nitrogens with one attached hydrogen (secondary N) is 2. The van der Waals surface area contributed by atoms with Crippen LogP contribution in [-0.2, 0) is 0 Å². The number of aromatic nitrogens is 2. The first-order valence-corrected chi connectivity index (χ1v) is 8.28. The molecule has 2 amide bonds. The van der Waals surface area contributed by atoms with Crippen molar-refractivity contribution in [3.8, 4) is 5.75 Å². The predicted molar refractivity (Wildman–Crippen MR) is 91.7 cm³/mol. The Bertz CT molecular complexity index is 697. The van der Waals surface area contributed by atoms with Gasteiger partial charge >= 0.3 is 6.03 Å². The van der Waals surface area contributed by atoms with E-state index in [0.29, 0.717) is 16.6 Å². The van der Waals surface area contributed by atoms with Crippen molar-refractivity contribution in [2.75, 3.05) is 35.7 Å². The molecule has 0 atom stereocenters. The predicted octanol–water partition coefficient (Wildman–Crippen LogP) is 3.10. The minimum atomic E-state index is -0.363. The van der Waals surface area contributed by atoms with Crippen LogP contribution in [0.15, 0.2) is 18.2 Å². The second kappa shape index (κ2) is 6.82. The number of rotatable bonds is 4. The highest BCUT2D eigenvalue weighted by atomic mass is 32.1. The molecule has 0 saturated carbocycles. The van der Waals surface area contributed by atoms with Gasteiger partial charge in [-0.2, -0.15) is 0 Å². The Morgan fingerprint density at radius 3 is 2.78 bits per heavy atom. The molecule has 1 aliphatic heterocycles.